The van der Waals surface area contributed by atoms with Gasteiger partial charge in [-0.15, -0.1) is 24.8 Å². The smallest absolute Gasteiger partial charge is 0.253 e. The minimum atomic E-state index is -0.0482. The first-order valence-electron chi connectivity index (χ1n) is 7.06. The predicted molar refractivity (Wildman–Crippen MR) is 90.4 cm³/mol. The van der Waals surface area contributed by atoms with E-state index in [1.807, 2.05) is 12.1 Å². The first-order chi connectivity index (χ1) is 9.15. The molecule has 21 heavy (non-hydrogen) atoms. The zero-order valence-electron chi connectivity index (χ0n) is 12.1. The van der Waals surface area contributed by atoms with Crippen molar-refractivity contribution < 1.29 is 4.79 Å². The highest BCUT2D eigenvalue weighted by molar-refractivity contribution is 5.99. The Morgan fingerprint density at radius 2 is 1.95 bits per heavy atom. The summed E-state index contributed by atoms with van der Waals surface area (Å²) in [5.41, 5.74) is 6.97. The number of carbonyl (C=O) groups excluding carboxylic acids is 1. The maximum Gasteiger partial charge on any atom is 0.253 e. The molecular weight excluding hydrogens is 309 g/mol. The number of carbonyl (C=O) groups is 1. The number of rotatable bonds is 3. The molecule has 1 saturated heterocycles. The second-order valence-electron chi connectivity index (χ2n) is 5.77. The third kappa shape index (κ3) is 4.02. The van der Waals surface area contributed by atoms with Crippen molar-refractivity contribution in [3.05, 3.63) is 29.8 Å². The van der Waals surface area contributed by atoms with Crippen LogP contribution in [0.2, 0.25) is 0 Å². The summed E-state index contributed by atoms with van der Waals surface area (Å²) < 4.78 is 0. The fourth-order valence-corrected chi connectivity index (χ4v) is 3.04. The molecule has 0 aromatic heterocycles. The summed E-state index contributed by atoms with van der Waals surface area (Å²) >= 11 is 0. The summed E-state index contributed by atoms with van der Waals surface area (Å²) in [6.45, 7) is 3.23. The van der Waals surface area contributed by atoms with Crippen molar-refractivity contribution >= 4 is 36.4 Å². The number of nitrogens with two attached hydrogens (primary N) is 1. The van der Waals surface area contributed by atoms with Crippen molar-refractivity contribution in [3.8, 4) is 0 Å². The van der Waals surface area contributed by atoms with Gasteiger partial charge in [-0.3, -0.25) is 9.69 Å². The van der Waals surface area contributed by atoms with Gasteiger partial charge in [-0.1, -0.05) is 12.1 Å². The van der Waals surface area contributed by atoms with E-state index in [-0.39, 0.29) is 36.8 Å². The number of benzene rings is 1. The number of anilines is 1. The number of nitrogen functional groups attached to an aromatic ring is 1. The highest BCUT2D eigenvalue weighted by Gasteiger charge is 2.39. The Hall–Kier alpha value is -0.970. The van der Waals surface area contributed by atoms with Crippen LogP contribution in [-0.4, -0.2) is 35.5 Å². The van der Waals surface area contributed by atoms with Gasteiger partial charge in [-0.2, -0.15) is 0 Å². The Bertz CT molecular complexity index is 494. The SMILES string of the molecule is CC1CC(NC(=O)c2ccccc2N)CN1C1CC1.Cl.Cl. The van der Waals surface area contributed by atoms with E-state index in [9.17, 15) is 4.79 Å². The van der Waals surface area contributed by atoms with Crippen molar-refractivity contribution in [2.45, 2.75) is 44.3 Å². The van der Waals surface area contributed by atoms with E-state index in [1.54, 1.807) is 12.1 Å². The van der Waals surface area contributed by atoms with Crippen molar-refractivity contribution in [3.63, 3.8) is 0 Å². The molecule has 1 aliphatic heterocycles. The van der Waals surface area contributed by atoms with E-state index in [0.717, 1.165) is 19.0 Å². The van der Waals surface area contributed by atoms with E-state index >= 15 is 0 Å². The van der Waals surface area contributed by atoms with Crippen LogP contribution in [0.4, 0.5) is 5.69 Å². The zero-order chi connectivity index (χ0) is 13.4. The largest absolute Gasteiger partial charge is 0.398 e. The van der Waals surface area contributed by atoms with Crippen molar-refractivity contribution in [2.75, 3.05) is 12.3 Å². The molecule has 0 bridgehead atoms. The number of amides is 1. The topological polar surface area (TPSA) is 58.4 Å². The lowest BCUT2D eigenvalue weighted by Crippen LogP contribution is -2.37. The average Bonchev–Trinajstić information content (AvgIpc) is 3.15. The second-order valence-corrected chi connectivity index (χ2v) is 5.77. The molecule has 6 heteroatoms. The van der Waals surface area contributed by atoms with Gasteiger partial charge in [0.2, 0.25) is 0 Å². The summed E-state index contributed by atoms with van der Waals surface area (Å²) in [5.74, 6) is -0.0482. The number of likely N-dealkylation sites (tertiary alicyclic amines) is 1. The average molecular weight is 332 g/mol. The molecule has 3 N–H and O–H groups in total. The predicted octanol–water partition coefficient (Wildman–Crippen LogP) is 2.47. The molecule has 4 nitrogen and oxygen atoms in total. The zero-order valence-corrected chi connectivity index (χ0v) is 13.8. The minimum Gasteiger partial charge on any atom is -0.398 e. The monoisotopic (exact) mass is 331 g/mol. The number of halogens is 2. The van der Waals surface area contributed by atoms with E-state index < -0.39 is 0 Å². The molecule has 1 saturated carbocycles. The lowest BCUT2D eigenvalue weighted by atomic mass is 10.1. The van der Waals surface area contributed by atoms with E-state index in [1.165, 1.54) is 12.8 Å². The highest BCUT2D eigenvalue weighted by Crippen LogP contribution is 2.33. The van der Waals surface area contributed by atoms with Crippen LogP contribution < -0.4 is 11.1 Å². The van der Waals surface area contributed by atoms with E-state index in [0.29, 0.717) is 17.3 Å². The van der Waals surface area contributed by atoms with Gasteiger partial charge in [-0.05, 0) is 38.3 Å². The molecule has 3 rings (SSSR count). The lowest BCUT2D eigenvalue weighted by Gasteiger charge is -2.19. The molecule has 118 valence electrons. The van der Waals surface area contributed by atoms with Gasteiger partial charge >= 0.3 is 0 Å². The van der Waals surface area contributed by atoms with Gasteiger partial charge in [0.25, 0.3) is 5.91 Å². The van der Waals surface area contributed by atoms with Gasteiger partial charge in [0, 0.05) is 30.4 Å². The Balaban J connectivity index is 0.00000110. The third-order valence-corrected chi connectivity index (χ3v) is 4.18. The second kappa shape index (κ2) is 7.34. The number of hydrogen-bond acceptors (Lipinski definition) is 3. The Morgan fingerprint density at radius 3 is 2.57 bits per heavy atom. The molecule has 1 amide bonds. The number of nitrogens with one attached hydrogen (secondary N) is 1. The molecule has 0 spiro atoms. The van der Waals surface area contributed by atoms with Gasteiger partial charge in [0.1, 0.15) is 0 Å². The van der Waals surface area contributed by atoms with Crippen LogP contribution in [-0.2, 0) is 0 Å². The van der Waals surface area contributed by atoms with Crippen molar-refractivity contribution in [1.82, 2.24) is 10.2 Å². The molecule has 2 unspecified atom stereocenters. The quantitative estimate of drug-likeness (QED) is 0.836. The van der Waals surface area contributed by atoms with Gasteiger partial charge in [0.05, 0.1) is 5.56 Å². The Labute approximate surface area is 138 Å². The summed E-state index contributed by atoms with van der Waals surface area (Å²) in [5, 5.41) is 3.12. The van der Waals surface area contributed by atoms with Crippen LogP contribution in [0.15, 0.2) is 24.3 Å². The van der Waals surface area contributed by atoms with Gasteiger partial charge in [-0.25, -0.2) is 0 Å². The van der Waals surface area contributed by atoms with E-state index in [2.05, 4.69) is 17.1 Å². The first-order valence-corrected chi connectivity index (χ1v) is 7.06. The molecule has 2 fully saturated rings. The molecule has 1 aliphatic carbocycles. The van der Waals surface area contributed by atoms with E-state index in [4.69, 9.17) is 5.73 Å². The molecule has 0 radical (unpaired) electrons. The molecule has 1 aromatic rings. The van der Waals surface area contributed by atoms with Gasteiger partial charge in [0.15, 0.2) is 0 Å². The lowest BCUT2D eigenvalue weighted by molar-refractivity contribution is 0.0938. The number of hydrogen-bond donors (Lipinski definition) is 2. The highest BCUT2D eigenvalue weighted by atomic mass is 35.5. The third-order valence-electron chi connectivity index (χ3n) is 4.18. The van der Waals surface area contributed by atoms with Crippen molar-refractivity contribution in [2.24, 2.45) is 0 Å². The fraction of sp³-hybridized carbons (Fsp3) is 0.533. The maximum atomic E-state index is 12.2. The summed E-state index contributed by atoms with van der Waals surface area (Å²) in [4.78, 5) is 14.7. The summed E-state index contributed by atoms with van der Waals surface area (Å²) in [6.07, 6.45) is 3.67. The molecular formula is C15H23Cl2N3O. The van der Waals surface area contributed by atoms with Gasteiger partial charge < -0.3 is 11.1 Å². The number of nitrogens with zero attached hydrogens (tertiary/aromatic N) is 1. The van der Waals surface area contributed by atoms with Crippen molar-refractivity contribution in [1.29, 1.82) is 0 Å². The maximum absolute atomic E-state index is 12.2. The van der Waals surface area contributed by atoms with Crippen LogP contribution in [0.25, 0.3) is 0 Å². The standard InChI is InChI=1S/C15H21N3O.2ClH/c1-10-8-11(9-18(10)12-6-7-12)17-15(19)13-4-2-3-5-14(13)16;;/h2-5,10-12H,6-9,16H2,1H3,(H,17,19);2*1H. The molecule has 1 heterocycles. The van der Waals surface area contributed by atoms with Crippen LogP contribution in [0.5, 0.6) is 0 Å². The fourth-order valence-electron chi connectivity index (χ4n) is 3.04. The number of para-hydroxylation sites is 1. The Morgan fingerprint density at radius 1 is 1.29 bits per heavy atom. The van der Waals surface area contributed by atoms with Crippen LogP contribution >= 0.6 is 24.8 Å². The Kier molecular flexibility index (Phi) is 6.32. The summed E-state index contributed by atoms with van der Waals surface area (Å²) in [6, 6.07) is 8.83. The minimum absolute atomic E-state index is 0. The normalized spacial score (nSPS) is 24.8. The molecule has 1 aromatic carbocycles. The van der Waals surface area contributed by atoms with Crippen LogP contribution in [0.1, 0.15) is 36.5 Å². The molecule has 2 aliphatic rings. The van der Waals surface area contributed by atoms with Crippen LogP contribution in [0.3, 0.4) is 0 Å². The first kappa shape index (κ1) is 18.1. The molecule has 2 atom stereocenters. The summed E-state index contributed by atoms with van der Waals surface area (Å²) in [7, 11) is 0. The van der Waals surface area contributed by atoms with Crippen LogP contribution in [0, 0.1) is 0 Å².